The summed E-state index contributed by atoms with van der Waals surface area (Å²) in [5.74, 6) is 0. The van der Waals surface area contributed by atoms with Gasteiger partial charge in [-0.2, -0.15) is 0 Å². The van der Waals surface area contributed by atoms with Crippen molar-refractivity contribution in [3.63, 3.8) is 0 Å². The van der Waals surface area contributed by atoms with E-state index in [0.29, 0.717) is 5.41 Å². The van der Waals surface area contributed by atoms with Gasteiger partial charge in [-0.15, -0.1) is 0 Å². The molecule has 0 aromatic carbocycles. The molecule has 0 aliphatic carbocycles. The Morgan fingerprint density at radius 1 is 0.593 bits per heavy atom. The van der Waals surface area contributed by atoms with Crippen LogP contribution in [0.4, 0.5) is 0 Å². The minimum absolute atomic E-state index is 0.248. The second kappa shape index (κ2) is 13.1. The van der Waals surface area contributed by atoms with Gasteiger partial charge in [0.2, 0.25) is 0 Å². The first-order chi connectivity index (χ1) is 12.7. The van der Waals surface area contributed by atoms with E-state index >= 15 is 0 Å². The third-order valence-corrected chi connectivity index (χ3v) is 4.40. The van der Waals surface area contributed by atoms with Gasteiger partial charge >= 0.3 is 0 Å². The lowest BCUT2D eigenvalue weighted by Crippen LogP contribution is -2.49. The van der Waals surface area contributed by atoms with Crippen molar-refractivity contribution in [2.75, 3.05) is 78.9 Å². The summed E-state index contributed by atoms with van der Waals surface area (Å²) in [6.45, 7) is 25.3. The topological polar surface area (TPSA) is 34.2 Å². The molecule has 162 valence electrons. The third-order valence-electron chi connectivity index (χ3n) is 4.40. The van der Waals surface area contributed by atoms with Crippen LogP contribution >= 0.6 is 0 Å². The molecule has 5 nitrogen and oxygen atoms in total. The van der Waals surface area contributed by atoms with Crippen molar-refractivity contribution < 1.29 is 14.2 Å². The molecule has 5 heteroatoms. The average Bonchev–Trinajstić information content (AvgIpc) is 2.55. The Labute approximate surface area is 168 Å². The Morgan fingerprint density at radius 3 is 1.59 bits per heavy atom. The van der Waals surface area contributed by atoms with Crippen LogP contribution in [-0.4, -0.2) is 88.7 Å². The first kappa shape index (κ1) is 24.8. The number of ether oxygens (including phenoxy) is 3. The molecule has 1 saturated heterocycles. The van der Waals surface area contributed by atoms with Gasteiger partial charge in [0, 0.05) is 65.7 Å². The second-order valence-corrected chi connectivity index (χ2v) is 10.2. The molecule has 0 aromatic heterocycles. The maximum Gasteiger partial charge on any atom is 0.0593 e. The Hall–Kier alpha value is -0.200. The molecule has 1 aliphatic rings. The monoisotopic (exact) mass is 386 g/mol. The quantitative estimate of drug-likeness (QED) is 0.452. The van der Waals surface area contributed by atoms with Crippen molar-refractivity contribution in [1.29, 1.82) is 0 Å². The van der Waals surface area contributed by atoms with Crippen molar-refractivity contribution >= 4 is 0 Å². The molecule has 0 spiro atoms. The summed E-state index contributed by atoms with van der Waals surface area (Å²) < 4.78 is 17.0. The molecule has 1 aliphatic heterocycles. The van der Waals surface area contributed by atoms with Crippen LogP contribution in [0.2, 0.25) is 0 Å². The van der Waals surface area contributed by atoms with E-state index in [4.69, 9.17) is 14.2 Å². The Morgan fingerprint density at radius 2 is 1.07 bits per heavy atom. The fourth-order valence-corrected chi connectivity index (χ4v) is 3.14. The number of nitrogens with zero attached hydrogens (tertiary/aromatic N) is 2. The van der Waals surface area contributed by atoms with E-state index in [-0.39, 0.29) is 5.41 Å². The smallest absolute Gasteiger partial charge is 0.0593 e. The Kier molecular flexibility index (Phi) is 12.1. The first-order valence-electron chi connectivity index (χ1n) is 10.8. The standard InChI is InChI=1S/C22H46N2O3/c1-21(2,3)19-24-11-9-23(10-12-24)13-18-26-16-7-14-25-15-8-17-27-20-22(4,5)6/h7-20H2,1-6H3. The summed E-state index contributed by atoms with van der Waals surface area (Å²) in [6, 6.07) is 0. The van der Waals surface area contributed by atoms with Gasteiger partial charge in [-0.05, 0) is 23.7 Å². The third kappa shape index (κ3) is 15.4. The molecule has 1 heterocycles. The summed E-state index contributed by atoms with van der Waals surface area (Å²) >= 11 is 0. The van der Waals surface area contributed by atoms with Gasteiger partial charge in [0.1, 0.15) is 0 Å². The summed E-state index contributed by atoms with van der Waals surface area (Å²) in [5, 5.41) is 0. The lowest BCUT2D eigenvalue weighted by Gasteiger charge is -2.37. The van der Waals surface area contributed by atoms with Crippen LogP contribution in [0.25, 0.3) is 0 Å². The highest BCUT2D eigenvalue weighted by Crippen LogP contribution is 2.16. The van der Waals surface area contributed by atoms with Crippen molar-refractivity contribution in [2.24, 2.45) is 10.8 Å². The number of rotatable bonds is 13. The van der Waals surface area contributed by atoms with Crippen LogP contribution in [0, 0.1) is 10.8 Å². The molecule has 0 atom stereocenters. The largest absolute Gasteiger partial charge is 0.381 e. The number of hydrogen-bond acceptors (Lipinski definition) is 5. The highest BCUT2D eigenvalue weighted by Gasteiger charge is 2.21. The fourth-order valence-electron chi connectivity index (χ4n) is 3.14. The van der Waals surface area contributed by atoms with Crippen molar-refractivity contribution in [3.05, 3.63) is 0 Å². The number of piperazine rings is 1. The predicted octanol–water partition coefficient (Wildman–Crippen LogP) is 3.53. The fraction of sp³-hybridized carbons (Fsp3) is 1.00. The van der Waals surface area contributed by atoms with E-state index in [0.717, 1.165) is 59.0 Å². The zero-order valence-corrected chi connectivity index (χ0v) is 19.0. The van der Waals surface area contributed by atoms with Gasteiger partial charge in [-0.1, -0.05) is 41.5 Å². The van der Waals surface area contributed by atoms with E-state index < -0.39 is 0 Å². The molecule has 0 aromatic rings. The molecule has 1 fully saturated rings. The van der Waals surface area contributed by atoms with E-state index in [1.54, 1.807) is 0 Å². The lowest BCUT2D eigenvalue weighted by atomic mass is 9.96. The van der Waals surface area contributed by atoms with Crippen molar-refractivity contribution in [3.8, 4) is 0 Å². The second-order valence-electron chi connectivity index (χ2n) is 10.2. The SMILES string of the molecule is CC(C)(C)COCCCOCCCOCCN1CCN(CC(C)(C)C)CC1. The Balaban J connectivity index is 1.83. The zero-order valence-electron chi connectivity index (χ0n) is 19.0. The molecule has 1 rings (SSSR count). The molecular weight excluding hydrogens is 340 g/mol. The van der Waals surface area contributed by atoms with Crippen molar-refractivity contribution in [2.45, 2.75) is 54.4 Å². The zero-order chi connectivity index (χ0) is 20.2. The van der Waals surface area contributed by atoms with Crippen LogP contribution in [0.3, 0.4) is 0 Å². The first-order valence-corrected chi connectivity index (χ1v) is 10.8. The molecule has 0 saturated carbocycles. The molecule has 0 amide bonds. The highest BCUT2D eigenvalue weighted by molar-refractivity contribution is 4.76. The van der Waals surface area contributed by atoms with Crippen molar-refractivity contribution in [1.82, 2.24) is 9.80 Å². The molecule has 0 radical (unpaired) electrons. The van der Waals surface area contributed by atoms with Crippen LogP contribution in [0.5, 0.6) is 0 Å². The van der Waals surface area contributed by atoms with E-state index in [1.165, 1.54) is 32.7 Å². The average molecular weight is 387 g/mol. The molecule has 27 heavy (non-hydrogen) atoms. The highest BCUT2D eigenvalue weighted by atomic mass is 16.5. The predicted molar refractivity (Wildman–Crippen MR) is 113 cm³/mol. The molecule has 0 bridgehead atoms. The van der Waals surface area contributed by atoms with Gasteiger partial charge < -0.3 is 19.1 Å². The lowest BCUT2D eigenvalue weighted by molar-refractivity contribution is 0.0369. The van der Waals surface area contributed by atoms with Crippen LogP contribution in [-0.2, 0) is 14.2 Å². The van der Waals surface area contributed by atoms with Gasteiger partial charge in [-0.3, -0.25) is 4.90 Å². The minimum atomic E-state index is 0.248. The summed E-state index contributed by atoms with van der Waals surface area (Å²) in [7, 11) is 0. The van der Waals surface area contributed by atoms with E-state index in [2.05, 4.69) is 51.3 Å². The van der Waals surface area contributed by atoms with Gasteiger partial charge in [0.05, 0.1) is 13.2 Å². The summed E-state index contributed by atoms with van der Waals surface area (Å²) in [4.78, 5) is 5.11. The minimum Gasteiger partial charge on any atom is -0.381 e. The maximum absolute atomic E-state index is 5.77. The summed E-state index contributed by atoms with van der Waals surface area (Å²) in [5.41, 5.74) is 0.644. The van der Waals surface area contributed by atoms with Gasteiger partial charge in [-0.25, -0.2) is 0 Å². The Bertz CT molecular complexity index is 356. The van der Waals surface area contributed by atoms with Gasteiger partial charge in [0.25, 0.3) is 0 Å². The molecular formula is C22H46N2O3. The van der Waals surface area contributed by atoms with Crippen LogP contribution < -0.4 is 0 Å². The van der Waals surface area contributed by atoms with E-state index in [1.807, 2.05) is 0 Å². The normalized spacial score (nSPS) is 17.6. The van der Waals surface area contributed by atoms with Gasteiger partial charge in [0.15, 0.2) is 0 Å². The number of hydrogen-bond donors (Lipinski definition) is 0. The molecule has 0 unspecified atom stereocenters. The maximum atomic E-state index is 5.77. The van der Waals surface area contributed by atoms with Crippen LogP contribution in [0.1, 0.15) is 54.4 Å². The van der Waals surface area contributed by atoms with Crippen LogP contribution in [0.15, 0.2) is 0 Å². The van der Waals surface area contributed by atoms with E-state index in [9.17, 15) is 0 Å². The molecule has 0 N–H and O–H groups in total. The summed E-state index contributed by atoms with van der Waals surface area (Å²) in [6.07, 6.45) is 1.94.